The summed E-state index contributed by atoms with van der Waals surface area (Å²) in [6.45, 7) is 3.57. The zero-order valence-corrected chi connectivity index (χ0v) is 9.81. The van der Waals surface area contributed by atoms with Gasteiger partial charge in [0.25, 0.3) is 0 Å². The van der Waals surface area contributed by atoms with Crippen molar-refractivity contribution in [2.45, 2.75) is 11.0 Å². The highest BCUT2D eigenvalue weighted by Gasteiger charge is 2.16. The molecule has 0 amide bonds. The molecule has 0 spiro atoms. The van der Waals surface area contributed by atoms with Gasteiger partial charge in [0, 0.05) is 0 Å². The van der Waals surface area contributed by atoms with Crippen LogP contribution in [0.5, 0.6) is 0 Å². The highest BCUT2D eigenvalue weighted by Crippen LogP contribution is 2.22. The second-order valence-electron chi connectivity index (χ2n) is 2.70. The molecule has 0 saturated heterocycles. The summed E-state index contributed by atoms with van der Waals surface area (Å²) < 4.78 is 9.76. The molecule has 15 heavy (non-hydrogen) atoms. The predicted molar refractivity (Wildman–Crippen MR) is 61.0 cm³/mol. The van der Waals surface area contributed by atoms with Crippen LogP contribution in [0.1, 0.15) is 5.76 Å². The number of esters is 1. The zero-order chi connectivity index (χ0) is 11.3. The molecule has 0 aliphatic rings. The number of methoxy groups -OCH3 is 1. The molecule has 0 bridgehead atoms. The van der Waals surface area contributed by atoms with E-state index in [2.05, 4.69) is 11.3 Å². The van der Waals surface area contributed by atoms with E-state index in [1.165, 1.54) is 18.9 Å². The number of carbonyl (C=O) groups excluding carboxylic acids is 1. The quantitative estimate of drug-likeness (QED) is 0.592. The normalized spacial score (nSPS) is 12.1. The Morgan fingerprint density at radius 3 is 3.00 bits per heavy atom. The molecule has 1 aromatic rings. The van der Waals surface area contributed by atoms with Crippen molar-refractivity contribution in [2.75, 3.05) is 7.11 Å². The fourth-order valence-corrected chi connectivity index (χ4v) is 1.98. The summed E-state index contributed by atoms with van der Waals surface area (Å²) in [6, 6.07) is 3.44. The smallest absolute Gasteiger partial charge is 0.322 e. The molecule has 1 rings (SSSR count). The Balaban J connectivity index is 2.47. The summed E-state index contributed by atoms with van der Waals surface area (Å²) in [6.07, 6.45) is 1.54. The van der Waals surface area contributed by atoms with E-state index < -0.39 is 0 Å². The van der Waals surface area contributed by atoms with E-state index in [4.69, 9.17) is 16.0 Å². The molecule has 1 atom stereocenters. The van der Waals surface area contributed by atoms with Gasteiger partial charge in [-0.3, -0.25) is 4.79 Å². The molecule has 5 heteroatoms. The van der Waals surface area contributed by atoms with Gasteiger partial charge >= 0.3 is 5.97 Å². The maximum Gasteiger partial charge on any atom is 0.322 e. The molecule has 0 N–H and O–H groups in total. The van der Waals surface area contributed by atoms with Gasteiger partial charge in [-0.15, -0.1) is 18.3 Å². The summed E-state index contributed by atoms with van der Waals surface area (Å²) in [5.74, 6) is 0.965. The Morgan fingerprint density at radius 1 is 1.80 bits per heavy atom. The Bertz CT molecular complexity index is 348. The van der Waals surface area contributed by atoms with Gasteiger partial charge in [-0.2, -0.15) is 0 Å². The molecular weight excluding hydrogens is 236 g/mol. The fourth-order valence-electron chi connectivity index (χ4n) is 0.950. The van der Waals surface area contributed by atoms with Gasteiger partial charge in [-0.25, -0.2) is 0 Å². The minimum atomic E-state index is -0.376. The number of furan rings is 1. The average Bonchev–Trinajstić information content (AvgIpc) is 2.64. The van der Waals surface area contributed by atoms with Gasteiger partial charge in [0.1, 0.15) is 11.0 Å². The molecule has 1 heterocycles. The van der Waals surface area contributed by atoms with Crippen LogP contribution in [0, 0.1) is 0 Å². The number of ether oxygens (including phenoxy) is 1. The Labute approximate surface area is 97.4 Å². The second-order valence-corrected chi connectivity index (χ2v) is 4.20. The van der Waals surface area contributed by atoms with Gasteiger partial charge in [0.15, 0.2) is 5.22 Å². The standard InChI is InChI=1S/C10H11ClO3S/c1-3-8(10(12)13-2)15-6-7-4-5-9(11)14-7/h3-5,8H,1,6H2,2H3. The van der Waals surface area contributed by atoms with E-state index in [-0.39, 0.29) is 11.2 Å². The number of thioether (sulfide) groups is 1. The van der Waals surface area contributed by atoms with Crippen LogP contribution < -0.4 is 0 Å². The summed E-state index contributed by atoms with van der Waals surface area (Å²) in [4.78, 5) is 11.2. The molecular formula is C10H11ClO3S. The van der Waals surface area contributed by atoms with Crippen molar-refractivity contribution in [3.63, 3.8) is 0 Å². The first kappa shape index (κ1) is 12.2. The van der Waals surface area contributed by atoms with Gasteiger partial charge in [-0.1, -0.05) is 6.08 Å². The largest absolute Gasteiger partial charge is 0.468 e. The maximum absolute atomic E-state index is 11.2. The summed E-state index contributed by atoms with van der Waals surface area (Å²) >= 11 is 6.99. The van der Waals surface area contributed by atoms with Crippen molar-refractivity contribution in [2.24, 2.45) is 0 Å². The maximum atomic E-state index is 11.2. The van der Waals surface area contributed by atoms with Gasteiger partial charge in [-0.05, 0) is 23.7 Å². The van der Waals surface area contributed by atoms with Gasteiger partial charge in [0.05, 0.1) is 12.9 Å². The first-order valence-corrected chi connectivity index (χ1v) is 5.66. The minimum absolute atomic E-state index is 0.312. The third-order valence-electron chi connectivity index (χ3n) is 1.68. The molecule has 82 valence electrons. The lowest BCUT2D eigenvalue weighted by molar-refractivity contribution is -0.139. The van der Waals surface area contributed by atoms with Crippen LogP contribution in [0.25, 0.3) is 0 Å². The third kappa shape index (κ3) is 3.64. The molecule has 1 aromatic heterocycles. The first-order chi connectivity index (χ1) is 7.17. The van der Waals surface area contributed by atoms with Crippen LogP contribution in [0.2, 0.25) is 5.22 Å². The third-order valence-corrected chi connectivity index (χ3v) is 3.08. The van der Waals surface area contributed by atoms with Crippen LogP contribution >= 0.6 is 23.4 Å². The predicted octanol–water partition coefficient (Wildman–Crippen LogP) is 2.89. The highest BCUT2D eigenvalue weighted by molar-refractivity contribution is 8.00. The van der Waals surface area contributed by atoms with E-state index in [0.717, 1.165) is 5.76 Å². The Kier molecular flexibility index (Phi) is 4.78. The Hall–Kier alpha value is -0.870. The number of hydrogen-bond donors (Lipinski definition) is 0. The molecule has 0 aromatic carbocycles. The Morgan fingerprint density at radius 2 is 2.53 bits per heavy atom. The summed E-state index contributed by atoms with van der Waals surface area (Å²) in [5.41, 5.74) is 0. The second kappa shape index (κ2) is 5.88. The van der Waals surface area contributed by atoms with Crippen LogP contribution in [-0.2, 0) is 15.3 Å². The molecule has 0 radical (unpaired) electrons. The molecule has 1 unspecified atom stereocenters. The van der Waals surface area contributed by atoms with E-state index in [1.54, 1.807) is 18.2 Å². The fraction of sp³-hybridized carbons (Fsp3) is 0.300. The van der Waals surface area contributed by atoms with Crippen LogP contribution in [-0.4, -0.2) is 18.3 Å². The van der Waals surface area contributed by atoms with Crippen molar-refractivity contribution in [1.29, 1.82) is 0 Å². The van der Waals surface area contributed by atoms with E-state index >= 15 is 0 Å². The number of halogens is 1. The summed E-state index contributed by atoms with van der Waals surface area (Å²) in [7, 11) is 1.35. The van der Waals surface area contributed by atoms with Crippen LogP contribution in [0.4, 0.5) is 0 Å². The SMILES string of the molecule is C=CC(SCc1ccc(Cl)o1)C(=O)OC. The number of hydrogen-bond acceptors (Lipinski definition) is 4. The van der Waals surface area contributed by atoms with Gasteiger partial charge in [0.2, 0.25) is 0 Å². The lowest BCUT2D eigenvalue weighted by atomic mass is 10.4. The highest BCUT2D eigenvalue weighted by atomic mass is 35.5. The lowest BCUT2D eigenvalue weighted by Crippen LogP contribution is -2.16. The van der Waals surface area contributed by atoms with E-state index in [0.29, 0.717) is 11.0 Å². The van der Waals surface area contributed by atoms with Crippen molar-refractivity contribution in [1.82, 2.24) is 0 Å². The van der Waals surface area contributed by atoms with Crippen molar-refractivity contribution < 1.29 is 13.9 Å². The molecule has 3 nitrogen and oxygen atoms in total. The summed E-state index contributed by atoms with van der Waals surface area (Å²) in [5, 5.41) is -0.0299. The molecule has 0 aliphatic carbocycles. The molecule has 0 saturated carbocycles. The van der Waals surface area contributed by atoms with Crippen molar-refractivity contribution in [3.05, 3.63) is 35.8 Å². The van der Waals surface area contributed by atoms with Gasteiger partial charge < -0.3 is 9.15 Å². The number of rotatable bonds is 5. The minimum Gasteiger partial charge on any atom is -0.468 e. The topological polar surface area (TPSA) is 39.4 Å². The monoisotopic (exact) mass is 246 g/mol. The lowest BCUT2D eigenvalue weighted by Gasteiger charge is -2.07. The van der Waals surface area contributed by atoms with E-state index in [9.17, 15) is 4.79 Å². The van der Waals surface area contributed by atoms with Crippen molar-refractivity contribution >= 4 is 29.3 Å². The molecule has 0 aliphatic heterocycles. The van der Waals surface area contributed by atoms with Crippen molar-refractivity contribution in [3.8, 4) is 0 Å². The van der Waals surface area contributed by atoms with Crippen LogP contribution in [0.3, 0.4) is 0 Å². The van der Waals surface area contributed by atoms with Crippen LogP contribution in [0.15, 0.2) is 29.2 Å². The van der Waals surface area contributed by atoms with E-state index in [1.807, 2.05) is 0 Å². The average molecular weight is 247 g/mol. The zero-order valence-electron chi connectivity index (χ0n) is 8.23. The molecule has 0 fully saturated rings. The number of carbonyl (C=O) groups is 1. The first-order valence-electron chi connectivity index (χ1n) is 4.23.